The molecule has 1 aromatic heterocycles. The molecule has 0 aliphatic carbocycles. The first-order valence-electron chi connectivity index (χ1n) is 9.95. The first kappa shape index (κ1) is 21.3. The number of benzene rings is 3. The number of rotatable bonds is 7. The van der Waals surface area contributed by atoms with Gasteiger partial charge in [-0.25, -0.2) is 4.79 Å². The van der Waals surface area contributed by atoms with Crippen LogP contribution in [0, 0.1) is 6.92 Å². The second-order valence-corrected chi connectivity index (χ2v) is 7.26. The number of aromatic nitrogens is 2. The molecule has 0 bridgehead atoms. The predicted octanol–water partition coefficient (Wildman–Crippen LogP) is 5.23. The van der Waals surface area contributed by atoms with Crippen LogP contribution in [0.1, 0.15) is 21.5 Å². The Balaban J connectivity index is 1.75. The molecule has 0 atom stereocenters. The van der Waals surface area contributed by atoms with Crippen LogP contribution >= 0.6 is 0 Å². The molecule has 7 heteroatoms. The number of carbonyl (C=O) groups is 1. The zero-order valence-electron chi connectivity index (χ0n) is 18.0. The summed E-state index contributed by atoms with van der Waals surface area (Å²) in [7, 11) is 3.16. The van der Waals surface area contributed by atoms with Crippen LogP contribution in [-0.2, 0) is 11.3 Å². The second kappa shape index (κ2) is 9.03. The Kier molecular flexibility index (Phi) is 6.00. The van der Waals surface area contributed by atoms with Crippen LogP contribution in [0.5, 0.6) is 5.75 Å². The highest BCUT2D eigenvalue weighted by atomic mass is 16.5. The quantitative estimate of drug-likeness (QED) is 0.429. The fourth-order valence-electron chi connectivity index (χ4n) is 3.61. The van der Waals surface area contributed by atoms with Crippen molar-refractivity contribution in [1.82, 2.24) is 10.1 Å². The van der Waals surface area contributed by atoms with Gasteiger partial charge in [0, 0.05) is 12.7 Å². The van der Waals surface area contributed by atoms with Crippen LogP contribution < -0.4 is 4.74 Å². The molecule has 4 rings (SSSR count). The van der Waals surface area contributed by atoms with Gasteiger partial charge in [-0.05, 0) is 59.5 Å². The molecule has 32 heavy (non-hydrogen) atoms. The molecule has 0 amide bonds. The summed E-state index contributed by atoms with van der Waals surface area (Å²) in [5.41, 5.74) is 5.65. The third kappa shape index (κ3) is 4.10. The van der Waals surface area contributed by atoms with E-state index in [1.165, 1.54) is 24.8 Å². The average molecular weight is 430 g/mol. The van der Waals surface area contributed by atoms with Gasteiger partial charge in [0.1, 0.15) is 5.75 Å². The number of ether oxygens (including phenoxy) is 2. The van der Waals surface area contributed by atoms with Gasteiger partial charge in [0.05, 0.1) is 24.8 Å². The average Bonchev–Trinajstić information content (AvgIpc) is 3.29. The van der Waals surface area contributed by atoms with E-state index in [0.29, 0.717) is 23.8 Å². The number of aromatic carboxylic acids is 1. The van der Waals surface area contributed by atoms with Gasteiger partial charge < -0.3 is 19.1 Å². The van der Waals surface area contributed by atoms with Gasteiger partial charge in [0.25, 0.3) is 5.89 Å². The lowest BCUT2D eigenvalue weighted by atomic mass is 9.94. The van der Waals surface area contributed by atoms with Crippen molar-refractivity contribution in [3.8, 4) is 39.7 Å². The Morgan fingerprint density at radius 2 is 1.81 bits per heavy atom. The third-order valence-corrected chi connectivity index (χ3v) is 5.20. The highest BCUT2D eigenvalue weighted by Crippen LogP contribution is 2.33. The number of hydrogen-bond acceptors (Lipinski definition) is 6. The lowest BCUT2D eigenvalue weighted by Crippen LogP contribution is -1.98. The molecule has 1 N–H and O–H groups in total. The van der Waals surface area contributed by atoms with Gasteiger partial charge in [-0.2, -0.15) is 4.98 Å². The maximum absolute atomic E-state index is 11.4. The fraction of sp³-hybridized carbons (Fsp3) is 0.160. The molecule has 0 fully saturated rings. The zero-order chi connectivity index (χ0) is 22.7. The normalized spacial score (nSPS) is 10.8. The Morgan fingerprint density at radius 3 is 2.53 bits per heavy atom. The van der Waals surface area contributed by atoms with Crippen LogP contribution in [0.3, 0.4) is 0 Å². The Bertz CT molecular complexity index is 1280. The van der Waals surface area contributed by atoms with Crippen molar-refractivity contribution in [2.24, 2.45) is 0 Å². The summed E-state index contributed by atoms with van der Waals surface area (Å²) in [4.78, 5) is 15.9. The van der Waals surface area contributed by atoms with E-state index in [2.05, 4.69) is 29.2 Å². The van der Waals surface area contributed by atoms with E-state index in [9.17, 15) is 9.90 Å². The number of carboxylic acids is 1. The first-order chi connectivity index (χ1) is 15.5. The Hall–Kier alpha value is -3.97. The molecule has 0 radical (unpaired) electrons. The minimum absolute atomic E-state index is 0.108. The predicted molar refractivity (Wildman–Crippen MR) is 120 cm³/mol. The van der Waals surface area contributed by atoms with Gasteiger partial charge in [0.15, 0.2) is 0 Å². The van der Waals surface area contributed by atoms with Crippen LogP contribution in [0.15, 0.2) is 65.2 Å². The maximum Gasteiger partial charge on any atom is 0.335 e. The van der Waals surface area contributed by atoms with Gasteiger partial charge in [-0.15, -0.1) is 0 Å². The van der Waals surface area contributed by atoms with Crippen molar-refractivity contribution >= 4 is 5.97 Å². The highest BCUT2D eigenvalue weighted by molar-refractivity contribution is 5.90. The lowest BCUT2D eigenvalue weighted by Gasteiger charge is -2.12. The summed E-state index contributed by atoms with van der Waals surface area (Å²) in [5.74, 6) is -0.0290. The van der Waals surface area contributed by atoms with E-state index in [1.807, 2.05) is 30.3 Å². The standard InChI is InChI=1S/C25H22N2O5/c1-15-6-4-5-7-19(15)20-10-8-16(12-18(20)14-30-2)24-26-23(27-32-24)21-13-17(25(28)29)9-11-22(21)31-3/h4-13H,14H2,1-3H3,(H,28,29). The molecule has 0 saturated carbocycles. The van der Waals surface area contributed by atoms with Crippen molar-refractivity contribution in [3.63, 3.8) is 0 Å². The number of aryl methyl sites for hydroxylation is 1. The summed E-state index contributed by atoms with van der Waals surface area (Å²) < 4.78 is 16.3. The van der Waals surface area contributed by atoms with Crippen LogP contribution in [0.4, 0.5) is 0 Å². The molecule has 0 saturated heterocycles. The molecule has 0 aliphatic rings. The molecule has 1 heterocycles. The Morgan fingerprint density at radius 1 is 1.00 bits per heavy atom. The molecule has 0 spiro atoms. The topological polar surface area (TPSA) is 94.7 Å². The molecule has 4 aromatic rings. The van der Waals surface area contributed by atoms with Crippen molar-refractivity contribution < 1.29 is 23.9 Å². The second-order valence-electron chi connectivity index (χ2n) is 7.26. The van der Waals surface area contributed by atoms with Gasteiger partial charge in [0.2, 0.25) is 5.82 Å². The van der Waals surface area contributed by atoms with Crippen molar-refractivity contribution in [2.75, 3.05) is 14.2 Å². The molecule has 7 nitrogen and oxygen atoms in total. The monoisotopic (exact) mass is 430 g/mol. The summed E-state index contributed by atoms with van der Waals surface area (Å²) >= 11 is 0. The molecule has 162 valence electrons. The van der Waals surface area contributed by atoms with Crippen molar-refractivity contribution in [3.05, 3.63) is 77.4 Å². The van der Waals surface area contributed by atoms with E-state index >= 15 is 0 Å². The third-order valence-electron chi connectivity index (χ3n) is 5.20. The summed E-state index contributed by atoms with van der Waals surface area (Å²) in [6, 6.07) is 18.6. The van der Waals surface area contributed by atoms with Crippen LogP contribution in [0.2, 0.25) is 0 Å². The van der Waals surface area contributed by atoms with Crippen molar-refractivity contribution in [2.45, 2.75) is 13.5 Å². The largest absolute Gasteiger partial charge is 0.496 e. The van der Waals surface area contributed by atoms with E-state index in [1.54, 1.807) is 13.2 Å². The highest BCUT2D eigenvalue weighted by Gasteiger charge is 2.18. The lowest BCUT2D eigenvalue weighted by molar-refractivity contribution is 0.0697. The van der Waals surface area contributed by atoms with Gasteiger partial charge in [-0.1, -0.05) is 35.5 Å². The maximum atomic E-state index is 11.4. The van der Waals surface area contributed by atoms with E-state index in [0.717, 1.165) is 22.3 Å². The van der Waals surface area contributed by atoms with Crippen LogP contribution in [0.25, 0.3) is 34.0 Å². The van der Waals surface area contributed by atoms with Crippen molar-refractivity contribution in [1.29, 1.82) is 0 Å². The number of methoxy groups -OCH3 is 2. The van der Waals surface area contributed by atoms with Gasteiger partial charge >= 0.3 is 5.97 Å². The molecular formula is C25H22N2O5. The molecular weight excluding hydrogens is 408 g/mol. The van der Waals surface area contributed by atoms with E-state index < -0.39 is 5.97 Å². The molecule has 0 aliphatic heterocycles. The fourth-order valence-corrected chi connectivity index (χ4v) is 3.61. The summed E-state index contributed by atoms with van der Waals surface area (Å²) in [6.45, 7) is 2.50. The first-order valence-corrected chi connectivity index (χ1v) is 9.95. The van der Waals surface area contributed by atoms with Crippen LogP contribution in [-0.4, -0.2) is 35.4 Å². The van der Waals surface area contributed by atoms with E-state index in [4.69, 9.17) is 14.0 Å². The Labute approximate surface area is 185 Å². The summed E-state index contributed by atoms with van der Waals surface area (Å²) in [6.07, 6.45) is 0. The zero-order valence-corrected chi connectivity index (χ0v) is 18.0. The van der Waals surface area contributed by atoms with E-state index in [-0.39, 0.29) is 11.4 Å². The minimum atomic E-state index is -1.05. The number of carboxylic acid groups (broad SMARTS) is 1. The smallest absolute Gasteiger partial charge is 0.335 e. The summed E-state index contributed by atoms with van der Waals surface area (Å²) in [5, 5.41) is 13.4. The molecule has 0 unspecified atom stereocenters. The number of nitrogens with zero attached hydrogens (tertiary/aromatic N) is 2. The SMILES string of the molecule is COCc1cc(-c2nc(-c3cc(C(=O)O)ccc3OC)no2)ccc1-c1ccccc1C. The minimum Gasteiger partial charge on any atom is -0.496 e. The van der Waals surface area contributed by atoms with Gasteiger partial charge in [-0.3, -0.25) is 0 Å². The number of hydrogen-bond donors (Lipinski definition) is 1. The molecule has 3 aromatic carbocycles.